The molecule has 0 N–H and O–H groups in total. The molecule has 0 bridgehead atoms. The first-order valence-electron chi connectivity index (χ1n) is 6.22. The zero-order chi connectivity index (χ0) is 12.8. The average Bonchev–Trinajstić information content (AvgIpc) is 2.47. The molecule has 1 aliphatic carbocycles. The van der Waals surface area contributed by atoms with Crippen LogP contribution in [0.25, 0.3) is 0 Å². The Hall–Kier alpha value is -2.55. The molecule has 1 aromatic carbocycles. The lowest BCUT2D eigenvalue weighted by Gasteiger charge is -2.38. The average molecular weight is 249 g/mol. The molecule has 0 saturated heterocycles. The van der Waals surface area contributed by atoms with Gasteiger partial charge in [-0.1, -0.05) is 42.5 Å². The first-order chi connectivity index (χ1) is 9.34. The van der Waals surface area contributed by atoms with E-state index in [1.165, 1.54) is 0 Å². The molecule has 0 fully saturated rings. The standard InChI is InChI=1S/C16H11NO2/c18-16-12-6-2-4-8-14(12)19-15-10-9-11-5-1-3-7-13(11)17(15)16/h1-10,13H. The molecule has 1 aromatic rings. The molecule has 3 nitrogen and oxygen atoms in total. The summed E-state index contributed by atoms with van der Waals surface area (Å²) < 4.78 is 5.82. The van der Waals surface area contributed by atoms with Gasteiger partial charge in [-0.25, -0.2) is 0 Å². The predicted molar refractivity (Wildman–Crippen MR) is 71.5 cm³/mol. The number of carbonyl (C=O) groups excluding carboxylic acids is 1. The molecule has 0 saturated carbocycles. The van der Waals surface area contributed by atoms with Gasteiger partial charge in [-0.3, -0.25) is 9.69 Å². The molecule has 19 heavy (non-hydrogen) atoms. The van der Waals surface area contributed by atoms with E-state index in [4.69, 9.17) is 4.74 Å². The van der Waals surface area contributed by atoms with E-state index in [9.17, 15) is 4.79 Å². The van der Waals surface area contributed by atoms with Crippen LogP contribution in [0.3, 0.4) is 0 Å². The summed E-state index contributed by atoms with van der Waals surface area (Å²) in [5, 5.41) is 0. The third-order valence-corrected chi connectivity index (χ3v) is 3.52. The number of fused-ring (bicyclic) bond motifs is 4. The number of allylic oxidation sites excluding steroid dienone is 4. The van der Waals surface area contributed by atoms with Gasteiger partial charge in [-0.15, -0.1) is 0 Å². The Labute approximate surface area is 110 Å². The lowest BCUT2D eigenvalue weighted by atomic mass is 9.96. The number of ether oxygens (including phenoxy) is 1. The second-order valence-electron chi connectivity index (χ2n) is 4.63. The Kier molecular flexibility index (Phi) is 2.03. The molecule has 2 heterocycles. The second kappa shape index (κ2) is 3.72. The molecule has 1 amide bonds. The quantitative estimate of drug-likeness (QED) is 0.707. The maximum Gasteiger partial charge on any atom is 0.265 e. The highest BCUT2D eigenvalue weighted by molar-refractivity contribution is 6.00. The predicted octanol–water partition coefficient (Wildman–Crippen LogP) is 2.80. The van der Waals surface area contributed by atoms with Crippen molar-refractivity contribution in [3.05, 3.63) is 77.7 Å². The Morgan fingerprint density at radius 2 is 2.00 bits per heavy atom. The lowest BCUT2D eigenvalue weighted by Crippen LogP contribution is -2.45. The van der Waals surface area contributed by atoms with Crippen molar-refractivity contribution >= 4 is 5.91 Å². The number of amides is 1. The highest BCUT2D eigenvalue weighted by Crippen LogP contribution is 2.35. The van der Waals surface area contributed by atoms with Crippen LogP contribution in [0.15, 0.2) is 72.2 Å². The van der Waals surface area contributed by atoms with E-state index in [0.29, 0.717) is 17.2 Å². The van der Waals surface area contributed by atoms with Crippen molar-refractivity contribution in [1.29, 1.82) is 0 Å². The van der Waals surface area contributed by atoms with Gasteiger partial charge in [0.25, 0.3) is 5.91 Å². The van der Waals surface area contributed by atoms with Crippen LogP contribution in [0.4, 0.5) is 0 Å². The molecule has 0 spiro atoms. The van der Waals surface area contributed by atoms with Crippen LogP contribution < -0.4 is 4.74 Å². The van der Waals surface area contributed by atoms with Crippen LogP contribution in [0.5, 0.6) is 5.75 Å². The largest absolute Gasteiger partial charge is 0.440 e. The van der Waals surface area contributed by atoms with Gasteiger partial charge in [0.2, 0.25) is 5.88 Å². The Balaban J connectivity index is 1.87. The van der Waals surface area contributed by atoms with Crippen molar-refractivity contribution in [1.82, 2.24) is 4.90 Å². The molecule has 92 valence electrons. The molecular formula is C16H11NO2. The van der Waals surface area contributed by atoms with E-state index < -0.39 is 0 Å². The van der Waals surface area contributed by atoms with Gasteiger partial charge in [-0.05, 0) is 23.8 Å². The fraction of sp³-hybridized carbons (Fsp3) is 0.0625. The minimum atomic E-state index is -0.0640. The SMILES string of the molecule is O=C1c2ccccc2OC2=CC=C3C=CC=CC3N12. The van der Waals surface area contributed by atoms with Gasteiger partial charge in [-0.2, -0.15) is 0 Å². The molecule has 0 radical (unpaired) electrons. The number of hydrogen-bond acceptors (Lipinski definition) is 2. The van der Waals surface area contributed by atoms with E-state index in [1.54, 1.807) is 11.0 Å². The Morgan fingerprint density at radius 3 is 2.95 bits per heavy atom. The smallest absolute Gasteiger partial charge is 0.265 e. The monoisotopic (exact) mass is 249 g/mol. The van der Waals surface area contributed by atoms with E-state index in [1.807, 2.05) is 54.7 Å². The topological polar surface area (TPSA) is 29.5 Å². The van der Waals surface area contributed by atoms with Crippen LogP contribution in [-0.2, 0) is 0 Å². The molecule has 0 aromatic heterocycles. The third-order valence-electron chi connectivity index (χ3n) is 3.52. The van der Waals surface area contributed by atoms with Crippen LogP contribution in [0.2, 0.25) is 0 Å². The van der Waals surface area contributed by atoms with Crippen LogP contribution in [-0.4, -0.2) is 16.8 Å². The minimum Gasteiger partial charge on any atom is -0.440 e. The normalized spacial score (nSPS) is 22.8. The maximum absolute atomic E-state index is 12.6. The molecule has 3 aliphatic rings. The molecule has 1 atom stereocenters. The first-order valence-corrected chi connectivity index (χ1v) is 6.22. The summed E-state index contributed by atoms with van der Waals surface area (Å²) >= 11 is 0. The van der Waals surface area contributed by atoms with Gasteiger partial charge >= 0.3 is 0 Å². The summed E-state index contributed by atoms with van der Waals surface area (Å²) in [6.45, 7) is 0. The third kappa shape index (κ3) is 1.41. The second-order valence-corrected chi connectivity index (χ2v) is 4.63. The number of nitrogens with zero attached hydrogens (tertiary/aromatic N) is 1. The Bertz CT molecular complexity index is 694. The van der Waals surface area contributed by atoms with Crippen molar-refractivity contribution in [3.8, 4) is 5.75 Å². The minimum absolute atomic E-state index is 0.0105. The highest BCUT2D eigenvalue weighted by Gasteiger charge is 2.37. The maximum atomic E-state index is 12.6. The summed E-state index contributed by atoms with van der Waals surface area (Å²) in [6, 6.07) is 7.28. The summed E-state index contributed by atoms with van der Waals surface area (Å²) in [4.78, 5) is 14.3. The molecule has 3 heteroatoms. The van der Waals surface area contributed by atoms with Gasteiger partial charge in [0.05, 0.1) is 11.6 Å². The van der Waals surface area contributed by atoms with Crippen molar-refractivity contribution < 1.29 is 9.53 Å². The molecule has 1 unspecified atom stereocenters. The van der Waals surface area contributed by atoms with Crippen LogP contribution in [0, 0.1) is 0 Å². The van der Waals surface area contributed by atoms with Crippen molar-refractivity contribution in [3.63, 3.8) is 0 Å². The first kappa shape index (κ1) is 10.4. The lowest BCUT2D eigenvalue weighted by molar-refractivity contribution is 0.0666. The summed E-state index contributed by atoms with van der Waals surface area (Å²) in [5.74, 6) is 1.21. The van der Waals surface area contributed by atoms with Crippen molar-refractivity contribution in [2.24, 2.45) is 0 Å². The Morgan fingerprint density at radius 1 is 1.11 bits per heavy atom. The zero-order valence-corrected chi connectivity index (χ0v) is 10.1. The summed E-state index contributed by atoms with van der Waals surface area (Å²) in [7, 11) is 0. The van der Waals surface area contributed by atoms with Crippen molar-refractivity contribution in [2.45, 2.75) is 6.04 Å². The number of carbonyl (C=O) groups is 1. The fourth-order valence-electron chi connectivity index (χ4n) is 2.60. The molecular weight excluding hydrogens is 238 g/mol. The van der Waals surface area contributed by atoms with Crippen molar-refractivity contribution in [2.75, 3.05) is 0 Å². The fourth-order valence-corrected chi connectivity index (χ4v) is 2.60. The van der Waals surface area contributed by atoms with E-state index in [2.05, 4.69) is 0 Å². The number of benzene rings is 1. The van der Waals surface area contributed by atoms with Gasteiger partial charge < -0.3 is 4.74 Å². The zero-order valence-electron chi connectivity index (χ0n) is 10.1. The number of hydrogen-bond donors (Lipinski definition) is 0. The van der Waals surface area contributed by atoms with Crippen LogP contribution >= 0.6 is 0 Å². The molecule has 4 rings (SSSR count). The number of para-hydroxylation sites is 1. The van der Waals surface area contributed by atoms with E-state index >= 15 is 0 Å². The highest BCUT2D eigenvalue weighted by atomic mass is 16.5. The van der Waals surface area contributed by atoms with Gasteiger partial charge in [0.1, 0.15) is 5.75 Å². The molecule has 2 aliphatic heterocycles. The summed E-state index contributed by atoms with van der Waals surface area (Å²) in [5.41, 5.74) is 1.71. The number of rotatable bonds is 0. The summed E-state index contributed by atoms with van der Waals surface area (Å²) in [6.07, 6.45) is 11.8. The van der Waals surface area contributed by atoms with E-state index in [-0.39, 0.29) is 11.9 Å². The van der Waals surface area contributed by atoms with Crippen LogP contribution in [0.1, 0.15) is 10.4 Å². The van der Waals surface area contributed by atoms with E-state index in [0.717, 1.165) is 5.57 Å². The van der Waals surface area contributed by atoms with Gasteiger partial charge in [0, 0.05) is 0 Å². The van der Waals surface area contributed by atoms with Gasteiger partial charge in [0.15, 0.2) is 0 Å².